The van der Waals surface area contributed by atoms with Crippen molar-refractivity contribution in [1.82, 2.24) is 10.6 Å². The van der Waals surface area contributed by atoms with Crippen LogP contribution in [-0.2, 0) is 27.3 Å². The van der Waals surface area contributed by atoms with E-state index in [2.05, 4.69) is 23.8 Å². The van der Waals surface area contributed by atoms with Gasteiger partial charge in [0.05, 0.1) is 0 Å². The molecule has 0 aliphatic carbocycles. The van der Waals surface area contributed by atoms with Crippen molar-refractivity contribution in [2.45, 2.75) is 103 Å². The number of rotatable bonds is 17. The van der Waals surface area contributed by atoms with Gasteiger partial charge in [-0.15, -0.1) is 13.2 Å². The Labute approximate surface area is 224 Å². The molecule has 0 saturated heterocycles. The van der Waals surface area contributed by atoms with Crippen LogP contribution < -0.4 is 10.6 Å². The third-order valence-corrected chi connectivity index (χ3v) is 8.10. The van der Waals surface area contributed by atoms with Crippen molar-refractivity contribution in [3.8, 4) is 0 Å². The lowest BCUT2D eigenvalue weighted by molar-refractivity contribution is -0.148. The van der Waals surface area contributed by atoms with E-state index in [0.717, 1.165) is 0 Å². The molecule has 0 aliphatic heterocycles. The van der Waals surface area contributed by atoms with E-state index in [1.807, 2.05) is 78.6 Å². The molecule has 0 bridgehead atoms. The molecule has 210 valence electrons. The lowest BCUT2D eigenvalue weighted by Crippen LogP contribution is -2.63. The summed E-state index contributed by atoms with van der Waals surface area (Å²) in [6, 6.07) is 0. The summed E-state index contributed by atoms with van der Waals surface area (Å²) in [6.07, 6.45) is -0.428. The summed E-state index contributed by atoms with van der Waals surface area (Å²) in [4.78, 5) is 27.0. The number of hydrogen-bond donors (Lipinski definition) is 2. The molecule has 0 fully saturated rings. The van der Waals surface area contributed by atoms with Crippen LogP contribution >= 0.6 is 0 Å². The van der Waals surface area contributed by atoms with Gasteiger partial charge in [-0.3, -0.25) is 9.59 Å². The average molecular weight is 577 g/mol. The monoisotopic (exact) mass is 576 g/mol. The molecule has 0 aromatic rings. The number of carbonyl (C=O) groups excluding carboxylic acids is 2. The van der Waals surface area contributed by atoms with Crippen LogP contribution in [0.25, 0.3) is 0 Å². The third kappa shape index (κ3) is 15.4. The Morgan fingerprint density at radius 3 is 1.03 bits per heavy atom. The van der Waals surface area contributed by atoms with Crippen molar-refractivity contribution >= 4 is 45.1 Å². The molecular formula is C24H52N2O6Si4. The first kappa shape index (κ1) is 35.1. The Kier molecular flexibility index (Phi) is 14.0. The first-order chi connectivity index (χ1) is 16.1. The van der Waals surface area contributed by atoms with Gasteiger partial charge in [-0.25, -0.2) is 0 Å². The van der Waals surface area contributed by atoms with Gasteiger partial charge in [0, 0.05) is 13.1 Å². The second-order valence-corrected chi connectivity index (χ2v) is 30.6. The van der Waals surface area contributed by atoms with Gasteiger partial charge >= 0.3 is 0 Å². The highest BCUT2D eigenvalue weighted by Gasteiger charge is 2.49. The molecular weight excluding hydrogens is 525 g/mol. The van der Waals surface area contributed by atoms with Crippen LogP contribution in [0.15, 0.2) is 25.3 Å². The predicted octanol–water partition coefficient (Wildman–Crippen LogP) is 4.47. The number of hydrogen-bond acceptors (Lipinski definition) is 6. The maximum absolute atomic E-state index is 13.5. The molecule has 36 heavy (non-hydrogen) atoms. The number of nitrogens with one attached hydrogen (secondary N) is 2. The van der Waals surface area contributed by atoms with Gasteiger partial charge in [-0.05, 0) is 78.6 Å². The summed E-state index contributed by atoms with van der Waals surface area (Å²) < 4.78 is 26.3. The maximum Gasteiger partial charge on any atom is 0.250 e. The summed E-state index contributed by atoms with van der Waals surface area (Å²) in [7, 11) is -8.99. The molecule has 0 aliphatic rings. The van der Waals surface area contributed by atoms with Crippen molar-refractivity contribution in [1.29, 1.82) is 0 Å². The zero-order chi connectivity index (χ0) is 28.5. The summed E-state index contributed by atoms with van der Waals surface area (Å²) in [5.41, 5.74) is 0. The fraction of sp³-hybridized carbons (Fsp3) is 0.750. The number of amides is 2. The van der Waals surface area contributed by atoms with Gasteiger partial charge in [0.15, 0.2) is 45.5 Å². The minimum atomic E-state index is -2.26. The van der Waals surface area contributed by atoms with Gasteiger partial charge in [0.25, 0.3) is 11.8 Å². The normalized spacial score (nSPS) is 16.4. The Balaban J connectivity index is 7.03. The lowest BCUT2D eigenvalue weighted by atomic mass is 10.0. The molecule has 0 aromatic heterocycles. The van der Waals surface area contributed by atoms with E-state index >= 15 is 0 Å². The molecule has 2 amide bonds. The zero-order valence-corrected chi connectivity index (χ0v) is 28.7. The molecule has 0 aromatic carbocycles. The molecule has 12 heteroatoms. The summed E-state index contributed by atoms with van der Waals surface area (Å²) in [5.74, 6) is -0.633. The van der Waals surface area contributed by atoms with E-state index in [4.69, 9.17) is 17.7 Å². The van der Waals surface area contributed by atoms with Crippen molar-refractivity contribution in [2.75, 3.05) is 13.1 Å². The lowest BCUT2D eigenvalue weighted by Gasteiger charge is -2.44. The third-order valence-electron chi connectivity index (χ3n) is 4.22. The molecule has 4 atom stereocenters. The van der Waals surface area contributed by atoms with Crippen LogP contribution in [0.2, 0.25) is 78.6 Å². The van der Waals surface area contributed by atoms with Gasteiger partial charge < -0.3 is 28.3 Å². The molecule has 0 spiro atoms. The molecule has 0 radical (unpaired) electrons. The van der Waals surface area contributed by atoms with Gasteiger partial charge in [0.1, 0.15) is 12.2 Å². The molecule has 0 rings (SSSR count). The van der Waals surface area contributed by atoms with E-state index in [9.17, 15) is 9.59 Å². The molecule has 2 N–H and O–H groups in total. The van der Waals surface area contributed by atoms with Gasteiger partial charge in [-0.1, -0.05) is 12.2 Å². The summed E-state index contributed by atoms with van der Waals surface area (Å²) in [5, 5.41) is 5.75. The Morgan fingerprint density at radius 2 is 0.833 bits per heavy atom. The van der Waals surface area contributed by atoms with E-state index in [1.165, 1.54) is 0 Å². The van der Waals surface area contributed by atoms with Crippen molar-refractivity contribution < 1.29 is 27.3 Å². The van der Waals surface area contributed by atoms with Crippen LogP contribution in [-0.4, -0.2) is 82.6 Å². The van der Waals surface area contributed by atoms with Crippen LogP contribution in [0.5, 0.6) is 0 Å². The van der Waals surface area contributed by atoms with E-state index < -0.39 is 57.7 Å². The van der Waals surface area contributed by atoms with E-state index in [1.54, 1.807) is 12.2 Å². The first-order valence-electron chi connectivity index (χ1n) is 12.6. The second kappa shape index (κ2) is 14.3. The first-order valence-corrected chi connectivity index (χ1v) is 26.2. The van der Waals surface area contributed by atoms with Crippen LogP contribution in [0, 0.1) is 0 Å². The molecule has 0 heterocycles. The van der Waals surface area contributed by atoms with E-state index in [0.29, 0.717) is 0 Å². The largest absolute Gasteiger partial charge is 0.409 e. The highest BCUT2D eigenvalue weighted by molar-refractivity contribution is 6.71. The Bertz CT molecular complexity index is 677. The van der Waals surface area contributed by atoms with Crippen molar-refractivity contribution in [2.24, 2.45) is 0 Å². The Morgan fingerprint density at radius 1 is 0.583 bits per heavy atom. The van der Waals surface area contributed by atoms with Crippen molar-refractivity contribution in [3.05, 3.63) is 25.3 Å². The maximum atomic E-state index is 13.5. The fourth-order valence-corrected chi connectivity index (χ4v) is 7.42. The van der Waals surface area contributed by atoms with E-state index in [-0.39, 0.29) is 24.9 Å². The standard InChI is InChI=1S/C24H52N2O6Si4/c1-15-17-25-23(27)21(31-35(9,10)11)19(29-33(3,4)5)20(30-34(6,7)8)22(32-36(12,13)14)24(28)26-18-16-2/h15-16,19-22H,1-2,17-18H2,3-14H3,(H,25,27)(H,26,28)/t19-,20-,21-,22+/m0/s1. The molecule has 0 unspecified atom stereocenters. The topological polar surface area (TPSA) is 95.1 Å². The number of carbonyl (C=O) groups is 2. The van der Waals surface area contributed by atoms with Crippen LogP contribution in [0.3, 0.4) is 0 Å². The van der Waals surface area contributed by atoms with Crippen LogP contribution in [0.1, 0.15) is 0 Å². The molecule has 8 nitrogen and oxygen atoms in total. The Hall–Kier alpha value is -0.872. The highest BCUT2D eigenvalue weighted by atomic mass is 28.4. The molecule has 0 saturated carbocycles. The van der Waals surface area contributed by atoms with Gasteiger partial charge in [-0.2, -0.15) is 0 Å². The fourth-order valence-electron chi connectivity index (χ4n) is 3.27. The summed E-state index contributed by atoms with van der Waals surface area (Å²) in [6.45, 7) is 32.4. The minimum Gasteiger partial charge on any atom is -0.409 e. The van der Waals surface area contributed by atoms with Gasteiger partial charge in [0.2, 0.25) is 0 Å². The second-order valence-electron chi connectivity index (χ2n) is 12.8. The van der Waals surface area contributed by atoms with Crippen LogP contribution in [0.4, 0.5) is 0 Å². The smallest absolute Gasteiger partial charge is 0.250 e. The minimum absolute atomic E-state index is 0.290. The highest BCUT2D eigenvalue weighted by Crippen LogP contribution is 2.28. The average Bonchev–Trinajstić information content (AvgIpc) is 2.66. The predicted molar refractivity (Wildman–Crippen MR) is 159 cm³/mol. The zero-order valence-electron chi connectivity index (χ0n) is 24.7. The van der Waals surface area contributed by atoms with Crippen molar-refractivity contribution in [3.63, 3.8) is 0 Å². The SMILES string of the molecule is C=CCNC(=O)[C@@H](O[Si](C)(C)C)[C@@H](O[Si](C)(C)C)[C@H](O[Si](C)(C)C)[C@@H](O[Si](C)(C)C)C(=O)NCC=C. The summed E-state index contributed by atoms with van der Waals surface area (Å²) >= 11 is 0. The quantitative estimate of drug-likeness (QED) is 0.196.